The summed E-state index contributed by atoms with van der Waals surface area (Å²) in [6.07, 6.45) is 4.67. The highest BCUT2D eigenvalue weighted by Gasteiger charge is 2.29. The lowest BCUT2D eigenvalue weighted by atomic mass is 10.0. The van der Waals surface area contributed by atoms with Gasteiger partial charge in [0.2, 0.25) is 0 Å². The summed E-state index contributed by atoms with van der Waals surface area (Å²) < 4.78 is 54.4. The van der Waals surface area contributed by atoms with Crippen LogP contribution in [-0.4, -0.2) is 51.8 Å². The van der Waals surface area contributed by atoms with Gasteiger partial charge in [-0.1, -0.05) is 12.1 Å². The third-order valence-corrected chi connectivity index (χ3v) is 7.84. The molecule has 2 heterocycles. The van der Waals surface area contributed by atoms with Gasteiger partial charge in [-0.25, -0.2) is 4.79 Å². The first-order valence-corrected chi connectivity index (χ1v) is 15.5. The van der Waals surface area contributed by atoms with Crippen molar-refractivity contribution in [2.45, 2.75) is 61.5 Å². The van der Waals surface area contributed by atoms with Gasteiger partial charge in [0.15, 0.2) is 5.96 Å². The monoisotopic (exact) mass is 646 g/mol. The number of guanidine groups is 1. The fourth-order valence-corrected chi connectivity index (χ4v) is 5.71. The normalized spacial score (nSPS) is 13.2. The number of aryl methyl sites for hydroxylation is 1. The lowest BCUT2D eigenvalue weighted by Gasteiger charge is -2.18. The molecule has 0 aliphatic rings. The van der Waals surface area contributed by atoms with Crippen LogP contribution in [0.25, 0.3) is 28.0 Å². The number of alkyl halides is 4. The Morgan fingerprint density at radius 2 is 1.87 bits per heavy atom. The van der Waals surface area contributed by atoms with Crippen molar-refractivity contribution in [3.8, 4) is 16.9 Å². The highest BCUT2D eigenvalue weighted by Crippen LogP contribution is 2.39. The van der Waals surface area contributed by atoms with Gasteiger partial charge in [-0.15, -0.1) is 0 Å². The van der Waals surface area contributed by atoms with Crippen LogP contribution in [0, 0.1) is 0 Å². The van der Waals surface area contributed by atoms with Crippen LogP contribution in [0.4, 0.5) is 17.6 Å². The molecular weight excluding hydrogens is 608 g/mol. The third kappa shape index (κ3) is 10.1. The number of rotatable bonds is 15. The zero-order valence-electron chi connectivity index (χ0n) is 24.9. The van der Waals surface area contributed by atoms with E-state index < -0.39 is 17.9 Å². The van der Waals surface area contributed by atoms with Crippen molar-refractivity contribution in [1.29, 1.82) is 0 Å². The fraction of sp³-hybridized carbons (Fsp3) is 0.387. The quantitative estimate of drug-likeness (QED) is 0.0386. The van der Waals surface area contributed by atoms with Gasteiger partial charge in [-0.05, 0) is 110 Å². The molecule has 2 aromatic heterocycles. The Hall–Kier alpha value is -3.88. The Balaban J connectivity index is 1.58. The van der Waals surface area contributed by atoms with Crippen LogP contribution in [0.2, 0.25) is 0 Å². The van der Waals surface area contributed by atoms with E-state index in [2.05, 4.69) is 20.3 Å². The zero-order valence-corrected chi connectivity index (χ0v) is 25.7. The second kappa shape index (κ2) is 15.4. The number of fused-ring (bicyclic) bond motifs is 1. The highest BCUT2D eigenvalue weighted by atomic mass is 32.2. The largest absolute Gasteiger partial charge is 0.446 e. The summed E-state index contributed by atoms with van der Waals surface area (Å²) in [4.78, 5) is 24.3. The molecule has 0 fully saturated rings. The molecule has 0 bridgehead atoms. The number of halogens is 4. The number of aliphatic imine (C=N–C) groups is 1. The Bertz CT molecular complexity index is 1650. The number of aromatic amines is 1. The number of nitrogens with zero attached hydrogens (tertiary/aromatic N) is 3. The van der Waals surface area contributed by atoms with Crippen LogP contribution < -0.4 is 28.2 Å². The smallest absolute Gasteiger partial charge is 0.370 e. The fourth-order valence-electron chi connectivity index (χ4n) is 5.04. The summed E-state index contributed by atoms with van der Waals surface area (Å²) >= 11 is -0.162. The molecule has 0 saturated carbocycles. The molecule has 4 aromatic rings. The van der Waals surface area contributed by atoms with Crippen LogP contribution in [0.5, 0.6) is 0 Å². The van der Waals surface area contributed by atoms with Gasteiger partial charge in [0.1, 0.15) is 5.65 Å². The Morgan fingerprint density at radius 1 is 1.11 bits per heavy atom. The van der Waals surface area contributed by atoms with E-state index in [-0.39, 0.29) is 41.1 Å². The number of hydrogen-bond donors (Lipinski definition) is 5. The zero-order chi connectivity index (χ0) is 32.6. The number of benzene rings is 2. The number of hydrogen-bond acceptors (Lipinski definition) is 6. The number of nitrogens with one attached hydrogen (secondary N) is 2. The number of H-pyrrole nitrogens is 1. The highest BCUT2D eigenvalue weighted by molar-refractivity contribution is 8.00. The summed E-state index contributed by atoms with van der Waals surface area (Å²) in [6.45, 7) is 2.44. The van der Waals surface area contributed by atoms with Crippen LogP contribution in [0.15, 0.2) is 69.4 Å². The van der Waals surface area contributed by atoms with Crippen molar-refractivity contribution in [3.05, 3.63) is 76.3 Å². The lowest BCUT2D eigenvalue weighted by molar-refractivity contribution is -0.0328. The van der Waals surface area contributed by atoms with E-state index in [9.17, 15) is 22.4 Å². The average Bonchev–Trinajstić information content (AvgIpc) is 3.38. The first-order chi connectivity index (χ1) is 21.4. The second-order valence-corrected chi connectivity index (χ2v) is 12.0. The maximum absolute atomic E-state index is 13.3. The Morgan fingerprint density at radius 3 is 2.53 bits per heavy atom. The van der Waals surface area contributed by atoms with E-state index in [1.165, 1.54) is 10.6 Å². The summed E-state index contributed by atoms with van der Waals surface area (Å²) in [5, 5.41) is 3.92. The van der Waals surface area contributed by atoms with Gasteiger partial charge < -0.3 is 27.5 Å². The topological polar surface area (TPSA) is 153 Å². The van der Waals surface area contributed by atoms with E-state index in [4.69, 9.17) is 17.2 Å². The average molecular weight is 647 g/mol. The Labute approximate surface area is 262 Å². The van der Waals surface area contributed by atoms with E-state index in [0.717, 1.165) is 24.0 Å². The van der Waals surface area contributed by atoms with Gasteiger partial charge in [0.05, 0.1) is 12.4 Å². The molecular formula is C31H38F4N8OS. The van der Waals surface area contributed by atoms with Crippen molar-refractivity contribution in [2.75, 3.05) is 19.8 Å². The predicted molar refractivity (Wildman–Crippen MR) is 172 cm³/mol. The maximum Gasteiger partial charge on any atom is 0.446 e. The molecule has 8 N–H and O–H groups in total. The van der Waals surface area contributed by atoms with Crippen molar-refractivity contribution in [2.24, 2.45) is 22.2 Å². The van der Waals surface area contributed by atoms with E-state index in [0.29, 0.717) is 53.9 Å². The molecule has 4 rings (SSSR count). The molecule has 0 unspecified atom stereocenters. The molecule has 0 radical (unpaired) electrons. The number of thioether (sulfide) groups is 1. The lowest BCUT2D eigenvalue weighted by Crippen LogP contribution is -2.25. The number of aromatic nitrogens is 3. The van der Waals surface area contributed by atoms with Crippen LogP contribution in [0.1, 0.15) is 49.8 Å². The van der Waals surface area contributed by atoms with Gasteiger partial charge in [-0.3, -0.25) is 13.9 Å². The second-order valence-electron chi connectivity index (χ2n) is 10.9. The molecule has 2 atom stereocenters. The summed E-state index contributed by atoms with van der Waals surface area (Å²) in [6, 6.07) is 13.6. The summed E-state index contributed by atoms with van der Waals surface area (Å²) in [5.74, 6) is 0.0248. The molecule has 0 spiro atoms. The first-order valence-electron chi connectivity index (χ1n) is 14.6. The molecule has 14 heteroatoms. The first kappa shape index (κ1) is 34.0. The van der Waals surface area contributed by atoms with Gasteiger partial charge in [0, 0.05) is 40.8 Å². The van der Waals surface area contributed by atoms with Crippen molar-refractivity contribution >= 4 is 28.8 Å². The molecule has 242 valence electrons. The van der Waals surface area contributed by atoms with Crippen LogP contribution >= 0.6 is 11.8 Å². The van der Waals surface area contributed by atoms with Crippen molar-refractivity contribution < 1.29 is 17.6 Å². The van der Waals surface area contributed by atoms with Crippen LogP contribution in [-0.2, 0) is 6.42 Å². The third-order valence-electron chi connectivity index (χ3n) is 7.14. The van der Waals surface area contributed by atoms with Gasteiger partial charge in [0.25, 0.3) is 0 Å². The minimum absolute atomic E-state index is 0.00212. The van der Waals surface area contributed by atoms with E-state index >= 15 is 0 Å². The van der Waals surface area contributed by atoms with E-state index in [1.807, 2.05) is 25.1 Å². The van der Waals surface area contributed by atoms with Crippen LogP contribution in [0.3, 0.4) is 0 Å². The van der Waals surface area contributed by atoms with Gasteiger partial charge in [-0.2, -0.15) is 18.2 Å². The SMILES string of the molecule is C[C@H](N)CCCc1cc(SC(F)(F)F)cc(-c2cc3cn(-c4ccc([C@H](CCF)NCCCN=C(N)N)cc4)c(=O)nc3[nH]2)c1. The summed E-state index contributed by atoms with van der Waals surface area (Å²) in [7, 11) is 0. The Kier molecular flexibility index (Phi) is 11.6. The minimum atomic E-state index is -4.43. The molecule has 45 heavy (non-hydrogen) atoms. The molecule has 0 aliphatic heterocycles. The molecule has 0 saturated heterocycles. The minimum Gasteiger partial charge on any atom is -0.370 e. The van der Waals surface area contributed by atoms with Crippen molar-refractivity contribution in [3.63, 3.8) is 0 Å². The number of nitrogens with two attached hydrogens (primary N) is 3. The van der Waals surface area contributed by atoms with E-state index in [1.54, 1.807) is 30.5 Å². The van der Waals surface area contributed by atoms with Crippen molar-refractivity contribution in [1.82, 2.24) is 19.9 Å². The molecule has 9 nitrogen and oxygen atoms in total. The predicted octanol–water partition coefficient (Wildman–Crippen LogP) is 5.32. The molecule has 0 amide bonds. The maximum atomic E-state index is 13.3. The summed E-state index contributed by atoms with van der Waals surface area (Å²) in [5.41, 5.74) is 15.2. The molecule has 2 aromatic carbocycles. The van der Waals surface area contributed by atoms with Gasteiger partial charge >= 0.3 is 11.2 Å². The molecule has 0 aliphatic carbocycles. The standard InChI is InChI=1S/C31H38F4N8OS/c1-19(36)4-2-5-20-14-22(16-25(15-20)45-31(33,34)35)27-17-23-18-43(30(44)42-28(23)41-27)24-8-6-21(7-9-24)26(10-11-32)39-12-3-13-40-29(37)38/h6-9,14-19,26,39H,2-5,10-13,36H2,1H3,(H4,37,38,40)(H,41,42,44)/t19-,26-/m0/s1.